The van der Waals surface area contributed by atoms with E-state index < -0.39 is 0 Å². The maximum absolute atomic E-state index is 4.33. The van der Waals surface area contributed by atoms with Crippen LogP contribution in [0.2, 0.25) is 0 Å². The van der Waals surface area contributed by atoms with Gasteiger partial charge in [-0.25, -0.2) is 0 Å². The summed E-state index contributed by atoms with van der Waals surface area (Å²) >= 11 is 0. The molecule has 1 saturated carbocycles. The Balaban J connectivity index is 0.000000217. The van der Waals surface area contributed by atoms with E-state index in [4.69, 9.17) is 0 Å². The van der Waals surface area contributed by atoms with Gasteiger partial charge in [-0.05, 0) is 0 Å². The summed E-state index contributed by atoms with van der Waals surface area (Å²) in [5.74, 6) is 2.44. The molecule has 1 saturated heterocycles. The van der Waals surface area contributed by atoms with Crippen molar-refractivity contribution in [2.75, 3.05) is 6.54 Å². The van der Waals surface area contributed by atoms with Crippen molar-refractivity contribution in [3.8, 4) is 0 Å². The van der Waals surface area contributed by atoms with Crippen molar-refractivity contribution >= 4 is 0 Å². The zero-order valence-electron chi connectivity index (χ0n) is 8.43. The van der Waals surface area contributed by atoms with Crippen LogP contribution in [0.25, 0.3) is 5.32 Å². The molecule has 0 N–H and O–H groups in total. The second-order valence-electron chi connectivity index (χ2n) is 4.12. The van der Waals surface area contributed by atoms with Crippen molar-refractivity contribution in [2.45, 2.75) is 46.1 Å². The first-order valence-corrected chi connectivity index (χ1v) is 4.63. The fourth-order valence-corrected chi connectivity index (χ4v) is 1.60. The molecule has 2 aliphatic rings. The molecule has 2 fully saturated rings. The average Bonchev–Trinajstić information content (AvgIpc) is 2.10. The monoisotopic (exact) mass is 391 g/mol. The summed E-state index contributed by atoms with van der Waals surface area (Å²) in [7, 11) is 0. The van der Waals surface area contributed by atoms with Crippen LogP contribution in [-0.2, 0) is 0 Å². The van der Waals surface area contributed by atoms with Gasteiger partial charge in [-0.15, -0.1) is 12.6 Å². The molecule has 0 aromatic carbocycles. The SMILES string of the molecule is C1CC2C[N-]C2C1.C[C-](C)C.[U+2]. The summed E-state index contributed by atoms with van der Waals surface area (Å²) in [6.45, 7) is 7.44. The van der Waals surface area contributed by atoms with Gasteiger partial charge in [0.15, 0.2) is 0 Å². The largest absolute Gasteiger partial charge is 2.00 e. The molecule has 0 bridgehead atoms. The van der Waals surface area contributed by atoms with Gasteiger partial charge in [0.25, 0.3) is 0 Å². The predicted molar refractivity (Wildman–Crippen MR) is 49.6 cm³/mol. The Labute approximate surface area is 100 Å². The van der Waals surface area contributed by atoms with E-state index in [1.165, 1.54) is 31.7 Å². The van der Waals surface area contributed by atoms with Gasteiger partial charge in [0, 0.05) is 0 Å². The van der Waals surface area contributed by atoms with Crippen LogP contribution >= 0.6 is 0 Å². The summed E-state index contributed by atoms with van der Waals surface area (Å²) in [5.41, 5.74) is 0. The molecular weight excluding hydrogens is 372 g/mol. The fraction of sp³-hybridized carbons (Fsp3) is 0.900. The first-order chi connectivity index (χ1) is 5.20. The average molecular weight is 391 g/mol. The minimum Gasteiger partial charge on any atom is -0.659 e. The van der Waals surface area contributed by atoms with Gasteiger partial charge in [-0.1, -0.05) is 25.2 Å². The number of fused-ring (bicyclic) bond motifs is 1. The third kappa shape index (κ3) is 4.31. The first-order valence-electron chi connectivity index (χ1n) is 4.63. The molecule has 2 atom stereocenters. The molecule has 2 unspecified atom stereocenters. The Morgan fingerprint density at radius 1 is 1.17 bits per heavy atom. The molecular formula is C10H19NU. The van der Waals surface area contributed by atoms with Gasteiger partial charge in [0.1, 0.15) is 0 Å². The van der Waals surface area contributed by atoms with Crippen LogP contribution in [0.3, 0.4) is 0 Å². The van der Waals surface area contributed by atoms with Crippen molar-refractivity contribution in [3.05, 3.63) is 11.2 Å². The third-order valence-corrected chi connectivity index (χ3v) is 2.19. The fourth-order valence-electron chi connectivity index (χ4n) is 1.60. The Kier molecular flexibility index (Phi) is 7.01. The second kappa shape index (κ2) is 6.46. The standard InChI is InChI=1S/C6H10N.C4H9.U/c1-2-5-4-7-6(5)3-1;1-4(2)3;/h5-6H,1-4H2;1-3H3;/q2*-1;+2. The predicted octanol–water partition coefficient (Wildman–Crippen LogP) is 3.16. The van der Waals surface area contributed by atoms with E-state index in [0.717, 1.165) is 12.0 Å². The van der Waals surface area contributed by atoms with Gasteiger partial charge >= 0.3 is 31.1 Å². The minimum absolute atomic E-state index is 0. The van der Waals surface area contributed by atoms with Crippen molar-refractivity contribution in [1.29, 1.82) is 0 Å². The maximum Gasteiger partial charge on any atom is 2.00 e. The maximum atomic E-state index is 4.33. The van der Waals surface area contributed by atoms with Crippen LogP contribution in [0.4, 0.5) is 0 Å². The van der Waals surface area contributed by atoms with E-state index in [2.05, 4.69) is 26.1 Å². The molecule has 12 heavy (non-hydrogen) atoms. The van der Waals surface area contributed by atoms with E-state index in [9.17, 15) is 0 Å². The minimum atomic E-state index is 0. The van der Waals surface area contributed by atoms with E-state index in [1.807, 2.05) is 0 Å². The first kappa shape index (κ1) is 13.0. The summed E-state index contributed by atoms with van der Waals surface area (Å²) < 4.78 is 0. The molecule has 0 aromatic heterocycles. The van der Waals surface area contributed by atoms with Crippen LogP contribution in [0, 0.1) is 42.9 Å². The molecule has 1 nitrogen and oxygen atoms in total. The number of rotatable bonds is 0. The van der Waals surface area contributed by atoms with Crippen molar-refractivity contribution < 1.29 is 31.1 Å². The van der Waals surface area contributed by atoms with Crippen LogP contribution in [-0.4, -0.2) is 12.6 Å². The molecule has 1 aliphatic carbocycles. The van der Waals surface area contributed by atoms with Crippen molar-refractivity contribution in [3.63, 3.8) is 0 Å². The normalized spacial score (nSPS) is 31.0. The van der Waals surface area contributed by atoms with Crippen LogP contribution < -0.4 is 0 Å². The number of hydrogen-bond acceptors (Lipinski definition) is 0. The zero-order chi connectivity index (χ0) is 8.27. The molecule has 2 heteroatoms. The summed E-state index contributed by atoms with van der Waals surface area (Å²) in [6.07, 6.45) is 4.30. The van der Waals surface area contributed by atoms with Gasteiger partial charge in [0.05, 0.1) is 0 Å². The van der Waals surface area contributed by atoms with Gasteiger partial charge in [-0.3, -0.25) is 0 Å². The Hall–Kier alpha value is 1.01. The molecule has 68 valence electrons. The zero-order valence-corrected chi connectivity index (χ0v) is 12.6. The molecule has 0 aromatic rings. The molecule has 0 spiro atoms. The summed E-state index contributed by atoms with van der Waals surface area (Å²) in [5, 5.41) is 4.33. The number of hydrogen-bond donors (Lipinski definition) is 0. The molecule has 1 heterocycles. The van der Waals surface area contributed by atoms with E-state index in [1.54, 1.807) is 0 Å². The Morgan fingerprint density at radius 2 is 1.75 bits per heavy atom. The summed E-state index contributed by atoms with van der Waals surface area (Å²) in [6, 6.07) is 0.819. The van der Waals surface area contributed by atoms with Gasteiger partial charge in [0.2, 0.25) is 0 Å². The van der Waals surface area contributed by atoms with E-state index in [-0.39, 0.29) is 31.1 Å². The van der Waals surface area contributed by atoms with E-state index in [0.29, 0.717) is 0 Å². The summed E-state index contributed by atoms with van der Waals surface area (Å²) in [4.78, 5) is 0. The van der Waals surface area contributed by atoms with E-state index >= 15 is 0 Å². The van der Waals surface area contributed by atoms with Crippen LogP contribution in [0.15, 0.2) is 0 Å². The Morgan fingerprint density at radius 3 is 1.92 bits per heavy atom. The quantitative estimate of drug-likeness (QED) is 0.564. The molecule has 0 radical (unpaired) electrons. The smallest absolute Gasteiger partial charge is 0.659 e. The van der Waals surface area contributed by atoms with Crippen molar-refractivity contribution in [1.82, 2.24) is 0 Å². The van der Waals surface area contributed by atoms with Gasteiger partial charge < -0.3 is 11.2 Å². The molecule has 1 aliphatic heterocycles. The Bertz CT molecular complexity index is 102. The third-order valence-electron chi connectivity index (χ3n) is 2.19. The van der Waals surface area contributed by atoms with Gasteiger partial charge in [-0.2, -0.15) is 20.8 Å². The molecule has 2 rings (SSSR count). The number of nitrogens with zero attached hydrogens (tertiary/aromatic N) is 1. The second-order valence-corrected chi connectivity index (χ2v) is 4.12. The van der Waals surface area contributed by atoms with Crippen molar-refractivity contribution in [2.24, 2.45) is 5.92 Å². The van der Waals surface area contributed by atoms with Crippen LogP contribution in [0.5, 0.6) is 0 Å². The topological polar surface area (TPSA) is 14.1 Å². The van der Waals surface area contributed by atoms with Crippen LogP contribution in [0.1, 0.15) is 40.0 Å². The molecule has 0 amide bonds.